The number of sulfone groups is 1. The number of anilines is 1. The minimum Gasteiger partial charge on any atom is -0.495 e. The first-order valence-corrected chi connectivity index (χ1v) is 11.2. The van der Waals surface area contributed by atoms with E-state index in [0.717, 1.165) is 11.3 Å². The fourth-order valence-electron chi connectivity index (χ4n) is 3.18. The lowest BCUT2D eigenvalue weighted by Crippen LogP contribution is -2.36. The van der Waals surface area contributed by atoms with Gasteiger partial charge in [-0.25, -0.2) is 8.42 Å². The zero-order valence-electron chi connectivity index (χ0n) is 16.0. The standard InChI is InChI=1S/C20H23Cl2NO4S/c1-13(2)14-4-5-19(18(10-14)26-3)28(24,25)20-16(21)11-15(12-17(20)22)23-6-8-27-9-7-23/h4-5,10-13H,6-9H2,1-3H3. The van der Waals surface area contributed by atoms with E-state index in [9.17, 15) is 8.42 Å². The van der Waals surface area contributed by atoms with Crippen LogP contribution in [0.5, 0.6) is 5.75 Å². The molecule has 152 valence electrons. The number of halogens is 2. The maximum absolute atomic E-state index is 13.3. The average Bonchev–Trinajstić information content (AvgIpc) is 2.67. The van der Waals surface area contributed by atoms with Gasteiger partial charge in [0.25, 0.3) is 0 Å². The fraction of sp³-hybridized carbons (Fsp3) is 0.400. The molecule has 0 N–H and O–H groups in total. The van der Waals surface area contributed by atoms with Gasteiger partial charge in [0, 0.05) is 18.8 Å². The van der Waals surface area contributed by atoms with Gasteiger partial charge < -0.3 is 14.4 Å². The summed E-state index contributed by atoms with van der Waals surface area (Å²) >= 11 is 12.8. The average molecular weight is 444 g/mol. The normalized spacial score (nSPS) is 15.1. The van der Waals surface area contributed by atoms with Gasteiger partial charge in [-0.1, -0.05) is 43.1 Å². The van der Waals surface area contributed by atoms with E-state index in [1.165, 1.54) is 7.11 Å². The Morgan fingerprint density at radius 2 is 1.68 bits per heavy atom. The molecule has 0 atom stereocenters. The van der Waals surface area contributed by atoms with Crippen molar-refractivity contribution in [2.45, 2.75) is 29.6 Å². The van der Waals surface area contributed by atoms with E-state index < -0.39 is 9.84 Å². The Bertz CT molecular complexity index is 947. The van der Waals surface area contributed by atoms with Gasteiger partial charge in [-0.15, -0.1) is 0 Å². The van der Waals surface area contributed by atoms with Crippen molar-refractivity contribution in [3.8, 4) is 5.75 Å². The lowest BCUT2D eigenvalue weighted by atomic mass is 10.0. The van der Waals surface area contributed by atoms with E-state index in [1.807, 2.05) is 13.8 Å². The number of benzene rings is 2. The Morgan fingerprint density at radius 1 is 1.07 bits per heavy atom. The summed E-state index contributed by atoms with van der Waals surface area (Å²) in [6.45, 7) is 6.66. The predicted molar refractivity (Wildman–Crippen MR) is 112 cm³/mol. The lowest BCUT2D eigenvalue weighted by molar-refractivity contribution is 0.122. The van der Waals surface area contributed by atoms with Crippen molar-refractivity contribution in [1.29, 1.82) is 0 Å². The van der Waals surface area contributed by atoms with Gasteiger partial charge in [-0.3, -0.25) is 0 Å². The highest BCUT2D eigenvalue weighted by atomic mass is 35.5. The molecule has 1 heterocycles. The van der Waals surface area contributed by atoms with Gasteiger partial charge in [0.2, 0.25) is 9.84 Å². The Hall–Kier alpha value is -1.47. The molecule has 5 nitrogen and oxygen atoms in total. The number of hydrogen-bond acceptors (Lipinski definition) is 5. The third kappa shape index (κ3) is 4.10. The molecule has 3 rings (SSSR count). The van der Waals surface area contributed by atoms with Crippen molar-refractivity contribution in [2.75, 3.05) is 38.3 Å². The van der Waals surface area contributed by atoms with Crippen LogP contribution in [0.25, 0.3) is 0 Å². The summed E-state index contributed by atoms with van der Waals surface area (Å²) in [4.78, 5) is 2.00. The first kappa shape index (κ1) is 21.2. The van der Waals surface area contributed by atoms with Crippen LogP contribution in [0.1, 0.15) is 25.3 Å². The molecular formula is C20H23Cl2NO4S. The summed E-state index contributed by atoms with van der Waals surface area (Å²) in [6, 6.07) is 8.35. The van der Waals surface area contributed by atoms with Crippen LogP contribution in [0.4, 0.5) is 5.69 Å². The predicted octanol–water partition coefficient (Wildman–Crippen LogP) is 4.79. The first-order valence-electron chi connectivity index (χ1n) is 9.00. The minimum atomic E-state index is -3.97. The van der Waals surface area contributed by atoms with Crippen LogP contribution in [0.3, 0.4) is 0 Å². The van der Waals surface area contributed by atoms with E-state index in [2.05, 4.69) is 4.90 Å². The summed E-state index contributed by atoms with van der Waals surface area (Å²) in [5.74, 6) is 0.515. The second-order valence-electron chi connectivity index (χ2n) is 6.91. The SMILES string of the molecule is COc1cc(C(C)C)ccc1S(=O)(=O)c1c(Cl)cc(N2CCOCC2)cc1Cl. The minimum absolute atomic E-state index is 0.0438. The number of ether oxygens (including phenoxy) is 2. The fourth-order valence-corrected chi connectivity index (χ4v) is 5.77. The van der Waals surface area contributed by atoms with Crippen molar-refractivity contribution in [2.24, 2.45) is 0 Å². The number of nitrogens with zero attached hydrogens (tertiary/aromatic N) is 1. The molecule has 0 bridgehead atoms. The molecule has 8 heteroatoms. The van der Waals surface area contributed by atoms with Crippen molar-refractivity contribution in [3.05, 3.63) is 45.9 Å². The maximum Gasteiger partial charge on any atom is 0.213 e. The Kier molecular flexibility index (Phi) is 6.44. The summed E-state index contributed by atoms with van der Waals surface area (Å²) in [5, 5.41) is 0.174. The van der Waals surface area contributed by atoms with Gasteiger partial charge in [-0.05, 0) is 35.7 Å². The number of rotatable bonds is 5. The molecule has 1 aliphatic rings. The van der Waals surface area contributed by atoms with Crippen LogP contribution < -0.4 is 9.64 Å². The maximum atomic E-state index is 13.3. The summed E-state index contributed by atoms with van der Waals surface area (Å²) in [5.41, 5.74) is 1.76. The van der Waals surface area contributed by atoms with Crippen molar-refractivity contribution in [3.63, 3.8) is 0 Å². The molecule has 0 aliphatic carbocycles. The molecule has 0 aromatic heterocycles. The highest BCUT2D eigenvalue weighted by molar-refractivity contribution is 7.91. The van der Waals surface area contributed by atoms with E-state index in [1.54, 1.807) is 30.3 Å². The second-order valence-corrected chi connectivity index (χ2v) is 9.58. The topological polar surface area (TPSA) is 55.8 Å². The number of morpholine rings is 1. The second kappa shape index (κ2) is 8.49. The highest BCUT2D eigenvalue weighted by Gasteiger charge is 2.29. The summed E-state index contributed by atoms with van der Waals surface area (Å²) < 4.78 is 37.4. The molecule has 0 saturated carbocycles. The number of hydrogen-bond donors (Lipinski definition) is 0. The van der Waals surface area contributed by atoms with Crippen LogP contribution in [0, 0.1) is 0 Å². The van der Waals surface area contributed by atoms with E-state index in [4.69, 9.17) is 32.7 Å². The largest absolute Gasteiger partial charge is 0.495 e. The smallest absolute Gasteiger partial charge is 0.213 e. The van der Waals surface area contributed by atoms with Crippen LogP contribution in [-0.4, -0.2) is 41.8 Å². The van der Waals surface area contributed by atoms with E-state index in [-0.39, 0.29) is 31.5 Å². The van der Waals surface area contributed by atoms with Crippen LogP contribution >= 0.6 is 23.2 Å². The molecule has 2 aromatic rings. The summed E-state index contributed by atoms with van der Waals surface area (Å²) in [7, 11) is -2.52. The first-order chi connectivity index (χ1) is 13.3. The summed E-state index contributed by atoms with van der Waals surface area (Å²) in [6.07, 6.45) is 0. The quantitative estimate of drug-likeness (QED) is 0.664. The van der Waals surface area contributed by atoms with Gasteiger partial charge in [0.1, 0.15) is 15.5 Å². The molecule has 1 fully saturated rings. The van der Waals surface area contributed by atoms with Crippen LogP contribution in [-0.2, 0) is 14.6 Å². The molecule has 0 spiro atoms. The van der Waals surface area contributed by atoms with Gasteiger partial charge in [0.15, 0.2) is 0 Å². The van der Waals surface area contributed by atoms with Crippen molar-refractivity contribution < 1.29 is 17.9 Å². The Morgan fingerprint density at radius 3 is 2.21 bits per heavy atom. The van der Waals surface area contributed by atoms with Crippen LogP contribution in [0.2, 0.25) is 10.0 Å². The molecule has 1 aliphatic heterocycles. The monoisotopic (exact) mass is 443 g/mol. The van der Waals surface area contributed by atoms with Gasteiger partial charge in [0.05, 0.1) is 30.4 Å². The third-order valence-corrected chi connectivity index (χ3v) is 7.49. The number of methoxy groups -OCH3 is 1. The van der Waals surface area contributed by atoms with Gasteiger partial charge >= 0.3 is 0 Å². The zero-order valence-corrected chi connectivity index (χ0v) is 18.4. The Labute approximate surface area is 176 Å². The molecule has 1 saturated heterocycles. The Balaban J connectivity index is 2.07. The zero-order chi connectivity index (χ0) is 20.5. The molecule has 28 heavy (non-hydrogen) atoms. The molecule has 0 amide bonds. The molecule has 0 unspecified atom stereocenters. The van der Waals surface area contributed by atoms with Crippen molar-refractivity contribution >= 4 is 38.7 Å². The van der Waals surface area contributed by atoms with Crippen LogP contribution in [0.15, 0.2) is 40.1 Å². The lowest BCUT2D eigenvalue weighted by Gasteiger charge is -2.29. The molecular weight excluding hydrogens is 421 g/mol. The molecule has 0 radical (unpaired) electrons. The molecule has 2 aromatic carbocycles. The van der Waals surface area contributed by atoms with E-state index in [0.29, 0.717) is 26.3 Å². The highest BCUT2D eigenvalue weighted by Crippen LogP contribution is 2.40. The van der Waals surface area contributed by atoms with E-state index >= 15 is 0 Å². The van der Waals surface area contributed by atoms with Gasteiger partial charge in [-0.2, -0.15) is 0 Å². The third-order valence-electron chi connectivity index (χ3n) is 4.77. The van der Waals surface area contributed by atoms with Crippen molar-refractivity contribution in [1.82, 2.24) is 0 Å².